The minimum Gasteiger partial charge on any atom is -0.481 e. The van der Waals surface area contributed by atoms with Crippen molar-refractivity contribution in [3.63, 3.8) is 0 Å². The van der Waals surface area contributed by atoms with Gasteiger partial charge in [0.25, 0.3) is 0 Å². The third kappa shape index (κ3) is 18.2. The molecule has 7 heteroatoms. The van der Waals surface area contributed by atoms with E-state index >= 15 is 0 Å². The summed E-state index contributed by atoms with van der Waals surface area (Å²) >= 11 is 0. The zero-order valence-electron chi connectivity index (χ0n) is 16.6. The second-order valence-electron chi connectivity index (χ2n) is 6.68. The van der Waals surface area contributed by atoms with Gasteiger partial charge in [0.1, 0.15) is 6.04 Å². The van der Waals surface area contributed by atoms with Crippen LogP contribution in [0.1, 0.15) is 96.8 Å². The molecule has 26 heavy (non-hydrogen) atoms. The SMILES string of the molecule is CCCCCCCCCCCCCC(=O)N[C@H](CCC(=O)O)C(=O)O.[Na+]. The zero-order valence-corrected chi connectivity index (χ0v) is 18.6. The Morgan fingerprint density at radius 3 is 1.65 bits per heavy atom. The fourth-order valence-corrected chi connectivity index (χ4v) is 2.74. The van der Waals surface area contributed by atoms with Gasteiger partial charge in [0.2, 0.25) is 5.91 Å². The average molecular weight is 380 g/mol. The minimum absolute atomic E-state index is 0. The number of carboxylic acids is 2. The number of amides is 1. The number of nitrogens with one attached hydrogen (secondary N) is 1. The van der Waals surface area contributed by atoms with Gasteiger partial charge in [-0.2, -0.15) is 0 Å². The number of carbonyl (C=O) groups excluding carboxylic acids is 1. The van der Waals surface area contributed by atoms with E-state index in [0.717, 1.165) is 19.3 Å². The number of hydrogen-bond donors (Lipinski definition) is 3. The molecular formula is C19H35NNaO5+. The first-order chi connectivity index (χ1) is 12.0. The van der Waals surface area contributed by atoms with Crippen molar-refractivity contribution >= 4 is 17.8 Å². The third-order valence-corrected chi connectivity index (χ3v) is 4.29. The van der Waals surface area contributed by atoms with E-state index < -0.39 is 18.0 Å². The molecule has 1 atom stereocenters. The van der Waals surface area contributed by atoms with Crippen LogP contribution in [0.25, 0.3) is 0 Å². The second-order valence-corrected chi connectivity index (χ2v) is 6.68. The van der Waals surface area contributed by atoms with Crippen LogP contribution in [0, 0.1) is 0 Å². The molecule has 0 aromatic rings. The van der Waals surface area contributed by atoms with Crippen LogP contribution in [0.4, 0.5) is 0 Å². The van der Waals surface area contributed by atoms with Crippen LogP contribution >= 0.6 is 0 Å². The fraction of sp³-hybridized carbons (Fsp3) is 0.842. The number of carbonyl (C=O) groups is 3. The summed E-state index contributed by atoms with van der Waals surface area (Å²) in [6.45, 7) is 2.22. The minimum atomic E-state index is -1.19. The quantitative estimate of drug-likeness (QED) is 0.259. The summed E-state index contributed by atoms with van der Waals surface area (Å²) in [5.41, 5.74) is 0. The van der Waals surface area contributed by atoms with Gasteiger partial charge in [0.15, 0.2) is 0 Å². The van der Waals surface area contributed by atoms with Gasteiger partial charge in [-0.15, -0.1) is 0 Å². The van der Waals surface area contributed by atoms with E-state index in [4.69, 9.17) is 10.2 Å². The van der Waals surface area contributed by atoms with E-state index in [9.17, 15) is 14.4 Å². The maximum absolute atomic E-state index is 11.7. The summed E-state index contributed by atoms with van der Waals surface area (Å²) in [5.74, 6) is -2.56. The molecule has 0 aliphatic rings. The maximum atomic E-state index is 11.7. The van der Waals surface area contributed by atoms with Gasteiger partial charge in [-0.3, -0.25) is 9.59 Å². The molecule has 0 radical (unpaired) electrons. The van der Waals surface area contributed by atoms with E-state index in [1.165, 1.54) is 51.4 Å². The van der Waals surface area contributed by atoms with Crippen molar-refractivity contribution in [2.75, 3.05) is 0 Å². The molecule has 0 aromatic heterocycles. The molecule has 0 unspecified atom stereocenters. The summed E-state index contributed by atoms with van der Waals surface area (Å²) in [5, 5.41) is 20.0. The van der Waals surface area contributed by atoms with Crippen molar-refractivity contribution in [2.45, 2.75) is 103 Å². The molecule has 0 saturated heterocycles. The van der Waals surface area contributed by atoms with E-state index in [-0.39, 0.29) is 48.3 Å². The van der Waals surface area contributed by atoms with E-state index in [2.05, 4.69) is 12.2 Å². The van der Waals surface area contributed by atoms with Gasteiger partial charge < -0.3 is 15.5 Å². The Labute approximate surface area is 179 Å². The Bertz CT molecular complexity index is 390. The number of unbranched alkanes of at least 4 members (excludes halogenated alkanes) is 10. The van der Waals surface area contributed by atoms with Gasteiger partial charge in [0, 0.05) is 12.8 Å². The fourth-order valence-electron chi connectivity index (χ4n) is 2.74. The topological polar surface area (TPSA) is 104 Å². The molecule has 0 aromatic carbocycles. The van der Waals surface area contributed by atoms with Gasteiger partial charge in [-0.05, 0) is 12.8 Å². The first-order valence-corrected chi connectivity index (χ1v) is 9.71. The molecule has 0 spiro atoms. The van der Waals surface area contributed by atoms with Crippen LogP contribution in [-0.2, 0) is 14.4 Å². The molecule has 0 aliphatic carbocycles. The molecule has 0 fully saturated rings. The van der Waals surface area contributed by atoms with Crippen molar-refractivity contribution in [3.05, 3.63) is 0 Å². The van der Waals surface area contributed by atoms with Crippen molar-refractivity contribution < 1.29 is 54.2 Å². The van der Waals surface area contributed by atoms with Crippen LogP contribution in [0.15, 0.2) is 0 Å². The maximum Gasteiger partial charge on any atom is 1.00 e. The summed E-state index contributed by atoms with van der Waals surface area (Å²) in [6, 6.07) is -1.11. The van der Waals surface area contributed by atoms with Crippen molar-refractivity contribution in [3.8, 4) is 0 Å². The molecule has 3 N–H and O–H groups in total. The van der Waals surface area contributed by atoms with Crippen molar-refractivity contribution in [2.24, 2.45) is 0 Å². The smallest absolute Gasteiger partial charge is 0.481 e. The predicted octanol–water partition coefficient (Wildman–Crippen LogP) is 1.13. The van der Waals surface area contributed by atoms with Gasteiger partial charge in [0.05, 0.1) is 0 Å². The first kappa shape index (κ1) is 27.6. The normalized spacial score (nSPS) is 11.4. The van der Waals surface area contributed by atoms with Crippen LogP contribution in [0.5, 0.6) is 0 Å². The monoisotopic (exact) mass is 380 g/mol. The van der Waals surface area contributed by atoms with Crippen molar-refractivity contribution in [1.29, 1.82) is 0 Å². The molecule has 6 nitrogen and oxygen atoms in total. The van der Waals surface area contributed by atoms with E-state index in [1.807, 2.05) is 0 Å². The zero-order chi connectivity index (χ0) is 18.9. The Morgan fingerprint density at radius 1 is 0.769 bits per heavy atom. The van der Waals surface area contributed by atoms with Gasteiger partial charge in [-0.25, -0.2) is 4.79 Å². The van der Waals surface area contributed by atoms with Crippen LogP contribution < -0.4 is 34.9 Å². The standard InChI is InChI=1S/C19H35NO5.Na/c1-2-3-4-5-6-7-8-9-10-11-12-13-17(21)20-16(19(24)25)14-15-18(22)23;/h16H,2-15H2,1H3,(H,20,21)(H,22,23)(H,24,25);/q;+1/t16-;/m1./s1. The van der Waals surface area contributed by atoms with E-state index in [1.54, 1.807) is 0 Å². The number of aliphatic carboxylic acids is 2. The molecule has 146 valence electrons. The van der Waals surface area contributed by atoms with Crippen LogP contribution in [0.3, 0.4) is 0 Å². The van der Waals surface area contributed by atoms with Gasteiger partial charge in [-0.1, -0.05) is 71.1 Å². The number of carboxylic acid groups (broad SMARTS) is 2. The molecule has 0 rings (SSSR count). The summed E-state index contributed by atoms with van der Waals surface area (Å²) in [6.07, 6.45) is 13.1. The molecule has 0 heterocycles. The molecule has 1 amide bonds. The van der Waals surface area contributed by atoms with Crippen molar-refractivity contribution in [1.82, 2.24) is 5.32 Å². The Morgan fingerprint density at radius 2 is 1.23 bits per heavy atom. The number of rotatable bonds is 17. The summed E-state index contributed by atoms with van der Waals surface area (Å²) in [4.78, 5) is 33.2. The van der Waals surface area contributed by atoms with Crippen LogP contribution in [0.2, 0.25) is 0 Å². The third-order valence-electron chi connectivity index (χ3n) is 4.29. The Hall–Kier alpha value is -0.590. The molecule has 0 saturated carbocycles. The largest absolute Gasteiger partial charge is 1.00 e. The summed E-state index contributed by atoms with van der Waals surface area (Å²) < 4.78 is 0. The van der Waals surface area contributed by atoms with E-state index in [0.29, 0.717) is 6.42 Å². The summed E-state index contributed by atoms with van der Waals surface area (Å²) in [7, 11) is 0. The molecule has 0 bridgehead atoms. The molecule has 0 aliphatic heterocycles. The Balaban J connectivity index is 0. The number of hydrogen-bond acceptors (Lipinski definition) is 3. The molecular weight excluding hydrogens is 345 g/mol. The average Bonchev–Trinajstić information content (AvgIpc) is 2.56. The van der Waals surface area contributed by atoms with Gasteiger partial charge >= 0.3 is 41.5 Å². The van der Waals surface area contributed by atoms with Crippen LogP contribution in [-0.4, -0.2) is 34.1 Å². The second kappa shape index (κ2) is 19.2. The first-order valence-electron chi connectivity index (χ1n) is 9.71. The Kier molecular flexibility index (Phi) is 20.4. The predicted molar refractivity (Wildman–Crippen MR) is 97.5 cm³/mol.